The lowest BCUT2D eigenvalue weighted by molar-refractivity contribution is 0.00451. The summed E-state index contributed by atoms with van der Waals surface area (Å²) >= 11 is 11.8. The average molecular weight is 325 g/mol. The van der Waals surface area contributed by atoms with Crippen molar-refractivity contribution in [3.05, 3.63) is 28.2 Å². The largest absolute Gasteiger partial charge is 0.374 e. The Morgan fingerprint density at radius 1 is 1.42 bits per heavy atom. The molecule has 2 N–H and O–H groups in total. The maximum atomic E-state index is 12.5. The normalized spacial score (nSPS) is 21.5. The molecule has 0 amide bonds. The summed E-state index contributed by atoms with van der Waals surface area (Å²) in [7, 11) is -3.68. The van der Waals surface area contributed by atoms with Crippen molar-refractivity contribution < 1.29 is 13.2 Å². The Morgan fingerprint density at radius 2 is 2.16 bits per heavy atom. The van der Waals surface area contributed by atoms with E-state index in [4.69, 9.17) is 33.7 Å². The minimum atomic E-state index is -3.68. The molecule has 1 unspecified atom stereocenters. The lowest BCUT2D eigenvalue weighted by atomic mass is 10.3. The Kier molecular flexibility index (Phi) is 4.70. The van der Waals surface area contributed by atoms with Crippen LogP contribution < -0.4 is 5.73 Å². The van der Waals surface area contributed by atoms with Crippen LogP contribution in [-0.2, 0) is 14.8 Å². The first-order valence-electron chi connectivity index (χ1n) is 5.72. The van der Waals surface area contributed by atoms with E-state index in [0.29, 0.717) is 6.61 Å². The molecule has 0 radical (unpaired) electrons. The zero-order chi connectivity index (χ0) is 14.0. The van der Waals surface area contributed by atoms with Crippen LogP contribution in [0.15, 0.2) is 23.1 Å². The van der Waals surface area contributed by atoms with Crippen molar-refractivity contribution >= 4 is 33.2 Å². The van der Waals surface area contributed by atoms with Crippen LogP contribution in [0.1, 0.15) is 0 Å². The van der Waals surface area contributed by atoms with Crippen LogP contribution in [0.3, 0.4) is 0 Å². The number of morpholine rings is 1. The molecule has 19 heavy (non-hydrogen) atoms. The van der Waals surface area contributed by atoms with Gasteiger partial charge in [-0.1, -0.05) is 29.3 Å². The van der Waals surface area contributed by atoms with Gasteiger partial charge in [0.05, 0.1) is 22.8 Å². The topological polar surface area (TPSA) is 72.6 Å². The summed E-state index contributed by atoms with van der Waals surface area (Å²) in [6.45, 7) is 1.10. The highest BCUT2D eigenvalue weighted by Crippen LogP contribution is 2.31. The lowest BCUT2D eigenvalue weighted by Crippen LogP contribution is -2.48. The summed E-state index contributed by atoms with van der Waals surface area (Å²) in [5.74, 6) is 0. The Balaban J connectivity index is 2.34. The highest BCUT2D eigenvalue weighted by Gasteiger charge is 2.32. The molecule has 5 nitrogen and oxygen atoms in total. The van der Waals surface area contributed by atoms with E-state index in [-0.39, 0.29) is 40.7 Å². The number of halogens is 2. The molecule has 1 atom stereocenters. The molecular weight excluding hydrogens is 311 g/mol. The monoisotopic (exact) mass is 324 g/mol. The molecule has 106 valence electrons. The highest BCUT2D eigenvalue weighted by atomic mass is 35.5. The van der Waals surface area contributed by atoms with Crippen molar-refractivity contribution in [2.45, 2.75) is 11.0 Å². The quantitative estimate of drug-likeness (QED) is 0.910. The summed E-state index contributed by atoms with van der Waals surface area (Å²) in [4.78, 5) is 0.0133. The van der Waals surface area contributed by atoms with Gasteiger partial charge in [0.2, 0.25) is 10.0 Å². The maximum absolute atomic E-state index is 12.5. The smallest absolute Gasteiger partial charge is 0.244 e. The van der Waals surface area contributed by atoms with Gasteiger partial charge in [-0.25, -0.2) is 8.42 Å². The van der Waals surface area contributed by atoms with Gasteiger partial charge in [0.15, 0.2) is 0 Å². The standard InChI is InChI=1S/C11H14Cl2N2O3S/c12-9-2-1-3-10(11(9)13)19(16,17)15-4-5-18-8(6-14)7-15/h1-3,8H,4-7,14H2. The molecule has 0 aliphatic carbocycles. The van der Waals surface area contributed by atoms with Gasteiger partial charge in [-0.15, -0.1) is 0 Å². The number of hydrogen-bond acceptors (Lipinski definition) is 4. The highest BCUT2D eigenvalue weighted by molar-refractivity contribution is 7.89. The van der Waals surface area contributed by atoms with Gasteiger partial charge in [0.25, 0.3) is 0 Å². The third-order valence-corrected chi connectivity index (χ3v) is 5.74. The first-order valence-corrected chi connectivity index (χ1v) is 7.92. The zero-order valence-electron chi connectivity index (χ0n) is 10.1. The second-order valence-corrected chi connectivity index (χ2v) is 6.84. The number of rotatable bonds is 3. The second-order valence-electron chi connectivity index (χ2n) is 4.14. The van der Waals surface area contributed by atoms with Crippen LogP contribution >= 0.6 is 23.2 Å². The fourth-order valence-corrected chi connectivity index (χ4v) is 4.07. The average Bonchev–Trinajstić information content (AvgIpc) is 2.41. The molecule has 1 aliphatic rings. The molecule has 0 aromatic heterocycles. The SMILES string of the molecule is NCC1CN(S(=O)(=O)c2cccc(Cl)c2Cl)CCO1. The van der Waals surface area contributed by atoms with Crippen molar-refractivity contribution in [2.24, 2.45) is 5.73 Å². The Morgan fingerprint density at radius 3 is 2.84 bits per heavy atom. The predicted molar refractivity (Wildman–Crippen MR) is 74.0 cm³/mol. The Hall–Kier alpha value is -0.370. The fourth-order valence-electron chi connectivity index (χ4n) is 1.88. The third kappa shape index (κ3) is 3.04. The number of hydrogen-bond donors (Lipinski definition) is 1. The number of nitrogens with two attached hydrogens (primary N) is 1. The van der Waals surface area contributed by atoms with Crippen LogP contribution in [0, 0.1) is 0 Å². The van der Waals surface area contributed by atoms with E-state index in [2.05, 4.69) is 0 Å². The minimum absolute atomic E-state index is 0.0133. The van der Waals surface area contributed by atoms with Crippen molar-refractivity contribution in [3.8, 4) is 0 Å². The van der Waals surface area contributed by atoms with E-state index in [9.17, 15) is 8.42 Å². The fraction of sp³-hybridized carbons (Fsp3) is 0.455. The molecule has 1 aliphatic heterocycles. The van der Waals surface area contributed by atoms with Gasteiger partial charge in [-0.05, 0) is 12.1 Å². The van der Waals surface area contributed by atoms with Crippen molar-refractivity contribution in [1.29, 1.82) is 0 Å². The first-order chi connectivity index (χ1) is 8.96. The lowest BCUT2D eigenvalue weighted by Gasteiger charge is -2.31. The molecule has 0 spiro atoms. The van der Waals surface area contributed by atoms with Gasteiger partial charge < -0.3 is 10.5 Å². The summed E-state index contributed by atoms with van der Waals surface area (Å²) in [5, 5.41) is 0.256. The third-order valence-electron chi connectivity index (χ3n) is 2.90. The summed E-state index contributed by atoms with van der Waals surface area (Å²) in [6.07, 6.45) is -0.290. The Bertz CT molecular complexity index is 565. The van der Waals surface area contributed by atoms with Gasteiger partial charge in [-0.3, -0.25) is 0 Å². The zero-order valence-corrected chi connectivity index (χ0v) is 12.4. The second kappa shape index (κ2) is 5.95. The van der Waals surface area contributed by atoms with E-state index in [1.54, 1.807) is 12.1 Å². The first kappa shape index (κ1) is 15.0. The summed E-state index contributed by atoms with van der Waals surface area (Å²) < 4.78 is 31.7. The molecule has 1 aromatic carbocycles. The number of ether oxygens (including phenoxy) is 1. The number of benzene rings is 1. The van der Waals surface area contributed by atoms with Crippen molar-refractivity contribution in [3.63, 3.8) is 0 Å². The molecule has 1 saturated heterocycles. The van der Waals surface area contributed by atoms with Gasteiger partial charge >= 0.3 is 0 Å². The minimum Gasteiger partial charge on any atom is -0.374 e. The van der Waals surface area contributed by atoms with Crippen LogP contribution in [0.2, 0.25) is 10.0 Å². The molecule has 2 rings (SSSR count). The molecule has 0 saturated carbocycles. The van der Waals surface area contributed by atoms with Gasteiger partial charge in [0.1, 0.15) is 4.90 Å². The van der Waals surface area contributed by atoms with E-state index in [0.717, 1.165) is 0 Å². The van der Waals surface area contributed by atoms with E-state index in [1.165, 1.54) is 10.4 Å². The molecule has 1 fully saturated rings. The molecular formula is C11H14Cl2N2O3S. The van der Waals surface area contributed by atoms with E-state index in [1.807, 2.05) is 0 Å². The van der Waals surface area contributed by atoms with Gasteiger partial charge in [0, 0.05) is 19.6 Å². The Labute approximate surface area is 122 Å². The predicted octanol–water partition coefficient (Wildman–Crippen LogP) is 1.34. The molecule has 8 heteroatoms. The van der Waals surface area contributed by atoms with Crippen molar-refractivity contribution in [2.75, 3.05) is 26.2 Å². The van der Waals surface area contributed by atoms with E-state index >= 15 is 0 Å². The summed E-state index contributed by atoms with van der Waals surface area (Å²) in [5.41, 5.74) is 5.51. The summed E-state index contributed by atoms with van der Waals surface area (Å²) in [6, 6.07) is 4.54. The van der Waals surface area contributed by atoms with Crippen LogP contribution in [-0.4, -0.2) is 45.1 Å². The van der Waals surface area contributed by atoms with E-state index < -0.39 is 10.0 Å². The molecule has 1 heterocycles. The molecule has 0 bridgehead atoms. The van der Waals surface area contributed by atoms with Crippen molar-refractivity contribution in [1.82, 2.24) is 4.31 Å². The molecule has 1 aromatic rings. The maximum Gasteiger partial charge on any atom is 0.244 e. The number of sulfonamides is 1. The van der Waals surface area contributed by atoms with Crippen LogP contribution in [0.4, 0.5) is 0 Å². The van der Waals surface area contributed by atoms with Gasteiger partial charge in [-0.2, -0.15) is 4.31 Å². The van der Waals surface area contributed by atoms with Crippen LogP contribution in [0.25, 0.3) is 0 Å². The number of nitrogens with zero attached hydrogens (tertiary/aromatic N) is 1. The van der Waals surface area contributed by atoms with Crippen LogP contribution in [0.5, 0.6) is 0 Å².